The Balaban J connectivity index is 1.64. The van der Waals surface area contributed by atoms with Crippen LogP contribution in [-0.4, -0.2) is 56.6 Å². The third-order valence-electron chi connectivity index (χ3n) is 5.13. The van der Waals surface area contributed by atoms with Gasteiger partial charge in [0.05, 0.1) is 5.39 Å². The molecule has 0 spiro atoms. The zero-order chi connectivity index (χ0) is 23.9. The molecule has 0 aliphatic carbocycles. The van der Waals surface area contributed by atoms with Gasteiger partial charge in [0.25, 0.3) is 5.85 Å². The minimum atomic E-state index is -4.44. The summed E-state index contributed by atoms with van der Waals surface area (Å²) in [5, 5.41) is 11.9. The molecule has 4 rings (SSSR count). The quantitative estimate of drug-likeness (QED) is 0.267. The van der Waals surface area contributed by atoms with Gasteiger partial charge in [0.15, 0.2) is 12.3 Å². The van der Waals surface area contributed by atoms with E-state index < -0.39 is 51.0 Å². The van der Waals surface area contributed by atoms with Crippen LogP contribution in [-0.2, 0) is 32.4 Å². The number of alkyl halides is 1. The van der Waals surface area contributed by atoms with Crippen molar-refractivity contribution in [3.05, 3.63) is 18.6 Å². The van der Waals surface area contributed by atoms with Crippen LogP contribution in [0.5, 0.6) is 0 Å². The Morgan fingerprint density at radius 1 is 1.52 bits per heavy atom. The molecule has 2 aliphatic heterocycles. The standard InChI is InChI=1S/C19H22FN4O8P/c1-3-5-13(25)28-11-30-33(27)29-9-19(20)16(32-33)18(26,7-4-2)17(31-19)24-8-6-12-14(21)22-10-23-15(12)24/h6,8,10,16-17,26H,3,5,9,11H2,1-2H3,(H2,21,22,23)/t16-,17+,18+,19+,33?/m0/s1. The van der Waals surface area contributed by atoms with Crippen LogP contribution < -0.4 is 5.73 Å². The van der Waals surface area contributed by atoms with E-state index >= 15 is 4.39 Å². The Morgan fingerprint density at radius 3 is 3.03 bits per heavy atom. The molecule has 2 aliphatic rings. The van der Waals surface area contributed by atoms with Crippen molar-refractivity contribution in [2.75, 3.05) is 19.1 Å². The van der Waals surface area contributed by atoms with Crippen LogP contribution in [0.4, 0.5) is 10.2 Å². The van der Waals surface area contributed by atoms with Gasteiger partial charge in [-0.2, -0.15) is 0 Å². The van der Waals surface area contributed by atoms with Crippen molar-refractivity contribution < 1.29 is 41.9 Å². The van der Waals surface area contributed by atoms with E-state index in [1.165, 1.54) is 24.0 Å². The Labute approximate surface area is 187 Å². The first-order valence-corrected chi connectivity index (χ1v) is 11.4. The molecule has 0 saturated carbocycles. The van der Waals surface area contributed by atoms with Crippen LogP contribution in [0.25, 0.3) is 11.0 Å². The molecule has 4 heterocycles. The van der Waals surface area contributed by atoms with Crippen molar-refractivity contribution in [3.8, 4) is 11.8 Å². The number of nitrogens with zero attached hydrogens (tertiary/aromatic N) is 3. The lowest BCUT2D eigenvalue weighted by molar-refractivity contribution is -0.221. The zero-order valence-electron chi connectivity index (χ0n) is 17.8. The summed E-state index contributed by atoms with van der Waals surface area (Å²) in [7, 11) is -4.44. The molecule has 0 aromatic carbocycles. The normalized spacial score (nSPS) is 33.3. The van der Waals surface area contributed by atoms with Gasteiger partial charge in [-0.1, -0.05) is 12.8 Å². The lowest BCUT2D eigenvalue weighted by Gasteiger charge is -2.36. The molecule has 178 valence electrons. The Morgan fingerprint density at radius 2 is 2.30 bits per heavy atom. The van der Waals surface area contributed by atoms with Crippen molar-refractivity contribution in [2.45, 2.75) is 50.5 Å². The van der Waals surface area contributed by atoms with Crippen LogP contribution in [0, 0.1) is 11.8 Å². The summed E-state index contributed by atoms with van der Waals surface area (Å²) >= 11 is 0. The van der Waals surface area contributed by atoms with E-state index in [0.29, 0.717) is 11.8 Å². The molecule has 14 heteroatoms. The average molecular weight is 484 g/mol. The molecule has 33 heavy (non-hydrogen) atoms. The number of aliphatic hydroxyl groups is 1. The first-order chi connectivity index (χ1) is 15.7. The Bertz CT molecular complexity index is 1180. The number of rotatable bonds is 6. The summed E-state index contributed by atoms with van der Waals surface area (Å²) in [4.78, 5) is 19.5. The fourth-order valence-corrected chi connectivity index (χ4v) is 4.96. The number of nitrogen functional groups attached to an aromatic ring is 1. The predicted octanol–water partition coefficient (Wildman–Crippen LogP) is 1.80. The molecule has 0 amide bonds. The van der Waals surface area contributed by atoms with Gasteiger partial charge < -0.3 is 24.9 Å². The molecule has 2 fully saturated rings. The smallest absolute Gasteiger partial charge is 0.438 e. The maximum absolute atomic E-state index is 15.8. The average Bonchev–Trinajstić information content (AvgIpc) is 3.28. The second-order valence-corrected chi connectivity index (χ2v) is 9.02. The number of anilines is 1. The number of hydrogen-bond acceptors (Lipinski definition) is 11. The van der Waals surface area contributed by atoms with Gasteiger partial charge in [-0.3, -0.25) is 13.8 Å². The Kier molecular flexibility index (Phi) is 6.17. The van der Waals surface area contributed by atoms with E-state index in [9.17, 15) is 14.5 Å². The van der Waals surface area contributed by atoms with Crippen molar-refractivity contribution in [3.63, 3.8) is 0 Å². The topological polar surface area (TPSA) is 157 Å². The van der Waals surface area contributed by atoms with Gasteiger partial charge in [0, 0.05) is 12.6 Å². The summed E-state index contributed by atoms with van der Waals surface area (Å²) < 4.78 is 55.5. The number of phosphoric ester groups is 1. The summed E-state index contributed by atoms with van der Waals surface area (Å²) in [5.41, 5.74) is 3.76. The molecule has 2 saturated heterocycles. The molecular weight excluding hydrogens is 462 g/mol. The SMILES string of the molecule is CC#C[C@]1(O)[C@H](n2ccc3c(N)ncnc32)O[C@]2(F)COP(=O)(OCOC(=O)CCC)O[C@@H]12. The maximum atomic E-state index is 15.8. The van der Waals surface area contributed by atoms with Crippen LogP contribution >= 0.6 is 7.82 Å². The van der Waals surface area contributed by atoms with E-state index in [1.807, 2.05) is 0 Å². The monoisotopic (exact) mass is 484 g/mol. The van der Waals surface area contributed by atoms with Crippen LogP contribution in [0.2, 0.25) is 0 Å². The Hall–Kier alpha value is -2.59. The highest BCUT2D eigenvalue weighted by Gasteiger charge is 2.71. The molecule has 2 aromatic heterocycles. The van der Waals surface area contributed by atoms with Gasteiger partial charge in [0.2, 0.25) is 12.4 Å². The van der Waals surface area contributed by atoms with Gasteiger partial charge in [0.1, 0.15) is 24.4 Å². The van der Waals surface area contributed by atoms with Gasteiger partial charge >= 0.3 is 13.8 Å². The number of phosphoric acid groups is 1. The summed E-state index contributed by atoms with van der Waals surface area (Å²) in [6.45, 7) is 1.55. The van der Waals surface area contributed by atoms with Gasteiger partial charge in [-0.05, 0) is 19.4 Å². The lowest BCUT2D eigenvalue weighted by atomic mass is 9.93. The first-order valence-electron chi connectivity index (χ1n) is 9.99. The fraction of sp³-hybridized carbons (Fsp3) is 0.526. The molecule has 1 unspecified atom stereocenters. The summed E-state index contributed by atoms with van der Waals surface area (Å²) in [5.74, 6) is 1.85. The number of nitrogens with two attached hydrogens (primary N) is 1. The molecule has 5 atom stereocenters. The van der Waals surface area contributed by atoms with Crippen LogP contribution in [0.1, 0.15) is 32.9 Å². The number of ether oxygens (including phenoxy) is 2. The number of halogens is 1. The van der Waals surface area contributed by atoms with E-state index in [0.717, 1.165) is 0 Å². The molecule has 3 N–H and O–H groups in total. The number of fused-ring (bicyclic) bond motifs is 2. The van der Waals surface area contributed by atoms with E-state index in [2.05, 4.69) is 21.8 Å². The zero-order valence-corrected chi connectivity index (χ0v) is 18.7. The van der Waals surface area contributed by atoms with Crippen LogP contribution in [0.15, 0.2) is 18.6 Å². The highest BCUT2D eigenvalue weighted by molar-refractivity contribution is 7.48. The van der Waals surface area contributed by atoms with Crippen molar-refractivity contribution in [1.29, 1.82) is 0 Å². The molecule has 12 nitrogen and oxygen atoms in total. The second-order valence-electron chi connectivity index (χ2n) is 7.40. The highest BCUT2D eigenvalue weighted by atomic mass is 31.2. The predicted molar refractivity (Wildman–Crippen MR) is 110 cm³/mol. The number of carbonyl (C=O) groups is 1. The molecule has 0 bridgehead atoms. The van der Waals surface area contributed by atoms with Gasteiger partial charge in [-0.15, -0.1) is 5.92 Å². The summed E-state index contributed by atoms with van der Waals surface area (Å²) in [6, 6.07) is 1.57. The van der Waals surface area contributed by atoms with Crippen molar-refractivity contribution >= 4 is 30.6 Å². The molecule has 2 aromatic rings. The lowest BCUT2D eigenvalue weighted by Crippen LogP contribution is -2.53. The number of hydrogen-bond donors (Lipinski definition) is 2. The first kappa shape index (κ1) is 23.6. The molecular formula is C19H22FN4O8P. The summed E-state index contributed by atoms with van der Waals surface area (Å²) in [6.07, 6.45) is -0.0382. The van der Waals surface area contributed by atoms with E-state index in [4.69, 9.17) is 28.8 Å². The largest absolute Gasteiger partial charge is 0.478 e. The molecule has 0 radical (unpaired) electrons. The highest BCUT2D eigenvalue weighted by Crippen LogP contribution is 2.62. The van der Waals surface area contributed by atoms with Crippen LogP contribution in [0.3, 0.4) is 0 Å². The van der Waals surface area contributed by atoms with E-state index in [1.54, 1.807) is 13.0 Å². The van der Waals surface area contributed by atoms with Crippen molar-refractivity contribution in [2.24, 2.45) is 0 Å². The number of esters is 1. The fourth-order valence-electron chi connectivity index (χ4n) is 3.67. The van der Waals surface area contributed by atoms with Crippen molar-refractivity contribution in [1.82, 2.24) is 14.5 Å². The van der Waals surface area contributed by atoms with E-state index in [-0.39, 0.29) is 17.9 Å². The third-order valence-corrected chi connectivity index (χ3v) is 6.47. The third kappa shape index (κ3) is 4.10. The minimum absolute atomic E-state index is 0.131. The number of carbonyl (C=O) groups excluding carboxylic acids is 1. The van der Waals surface area contributed by atoms with Gasteiger partial charge in [-0.25, -0.2) is 23.4 Å². The number of aromatic nitrogens is 3. The maximum Gasteiger partial charge on any atom is 0.478 e. The minimum Gasteiger partial charge on any atom is -0.438 e. The second kappa shape index (κ2) is 8.64.